The minimum absolute atomic E-state index is 0.324. The fraction of sp³-hybridized carbons (Fsp3) is 0.231. The second kappa shape index (κ2) is 12.0. The number of thioether (sulfide) groups is 1. The number of amides is 1. The number of rotatable bonds is 10. The molecule has 0 aliphatic rings. The van der Waals surface area contributed by atoms with Gasteiger partial charge in [0.15, 0.2) is 0 Å². The molecule has 0 radical (unpaired) electrons. The summed E-state index contributed by atoms with van der Waals surface area (Å²) in [4.78, 5) is 25.3. The van der Waals surface area contributed by atoms with Gasteiger partial charge in [-0.15, -0.1) is 0 Å². The molecule has 1 atom stereocenters. The molecule has 3 aromatic carbocycles. The summed E-state index contributed by atoms with van der Waals surface area (Å²) in [6.07, 6.45) is 2.45. The molecule has 0 aromatic heterocycles. The van der Waals surface area contributed by atoms with E-state index in [4.69, 9.17) is 9.47 Å². The smallest absolute Gasteiger partial charge is 0.328 e. The van der Waals surface area contributed by atoms with E-state index in [-0.39, 0.29) is 5.91 Å². The average molecular weight is 450 g/mol. The second-order valence-corrected chi connectivity index (χ2v) is 8.16. The molecule has 0 saturated heterocycles. The lowest BCUT2D eigenvalue weighted by Crippen LogP contribution is -2.42. The molecule has 0 spiro atoms. The van der Waals surface area contributed by atoms with E-state index in [9.17, 15) is 9.59 Å². The van der Waals surface area contributed by atoms with E-state index >= 15 is 0 Å². The summed E-state index contributed by atoms with van der Waals surface area (Å²) in [5, 5.41) is 2.84. The van der Waals surface area contributed by atoms with Crippen molar-refractivity contribution in [3.8, 4) is 16.9 Å². The normalized spacial score (nSPS) is 11.4. The Morgan fingerprint density at radius 2 is 1.66 bits per heavy atom. The zero-order valence-corrected chi connectivity index (χ0v) is 19.1. The van der Waals surface area contributed by atoms with Gasteiger partial charge in [-0.2, -0.15) is 11.8 Å². The molecular weight excluding hydrogens is 422 g/mol. The van der Waals surface area contributed by atoms with Crippen molar-refractivity contribution in [1.82, 2.24) is 5.32 Å². The van der Waals surface area contributed by atoms with Crippen molar-refractivity contribution in [2.75, 3.05) is 19.1 Å². The third-order valence-electron chi connectivity index (χ3n) is 4.97. The zero-order chi connectivity index (χ0) is 22.8. The summed E-state index contributed by atoms with van der Waals surface area (Å²) in [5.74, 6) is 0.625. The van der Waals surface area contributed by atoms with Gasteiger partial charge >= 0.3 is 5.97 Å². The van der Waals surface area contributed by atoms with Gasteiger partial charge in [-0.05, 0) is 53.3 Å². The molecule has 1 N–H and O–H groups in total. The van der Waals surface area contributed by atoms with Crippen LogP contribution in [0.5, 0.6) is 5.75 Å². The molecule has 5 nitrogen and oxygen atoms in total. The monoisotopic (exact) mass is 449 g/mol. The third-order valence-corrected chi connectivity index (χ3v) is 5.61. The highest BCUT2D eigenvalue weighted by molar-refractivity contribution is 7.98. The topological polar surface area (TPSA) is 64.6 Å². The van der Waals surface area contributed by atoms with Gasteiger partial charge in [0.1, 0.15) is 18.4 Å². The summed E-state index contributed by atoms with van der Waals surface area (Å²) in [6.45, 7) is 0.430. The first-order valence-electron chi connectivity index (χ1n) is 10.4. The fourth-order valence-corrected chi connectivity index (χ4v) is 3.74. The van der Waals surface area contributed by atoms with E-state index in [1.165, 1.54) is 7.11 Å². The summed E-state index contributed by atoms with van der Waals surface area (Å²) in [5.41, 5.74) is 3.16. The molecule has 0 heterocycles. The predicted octanol–water partition coefficient (Wildman–Crippen LogP) is 4.96. The van der Waals surface area contributed by atoms with Gasteiger partial charge in [-0.3, -0.25) is 4.79 Å². The summed E-state index contributed by atoms with van der Waals surface area (Å²) in [7, 11) is 1.33. The highest BCUT2D eigenvalue weighted by Crippen LogP contribution is 2.29. The zero-order valence-electron chi connectivity index (χ0n) is 18.2. The Morgan fingerprint density at radius 3 is 2.31 bits per heavy atom. The Kier molecular flexibility index (Phi) is 8.75. The average Bonchev–Trinajstić information content (AvgIpc) is 2.85. The minimum atomic E-state index is -0.697. The summed E-state index contributed by atoms with van der Waals surface area (Å²) >= 11 is 1.61. The highest BCUT2D eigenvalue weighted by Gasteiger charge is 2.23. The molecule has 32 heavy (non-hydrogen) atoms. The van der Waals surface area contributed by atoms with Crippen LogP contribution in [-0.4, -0.2) is 37.0 Å². The first-order valence-corrected chi connectivity index (χ1v) is 11.8. The lowest BCUT2D eigenvalue weighted by atomic mass is 9.98. The molecule has 3 rings (SSSR count). The Balaban J connectivity index is 1.86. The van der Waals surface area contributed by atoms with Gasteiger partial charge < -0.3 is 14.8 Å². The number of hydrogen-bond acceptors (Lipinski definition) is 5. The van der Waals surface area contributed by atoms with Crippen molar-refractivity contribution in [3.05, 3.63) is 90.0 Å². The van der Waals surface area contributed by atoms with E-state index in [0.717, 1.165) is 22.4 Å². The van der Waals surface area contributed by atoms with Crippen molar-refractivity contribution in [2.24, 2.45) is 0 Å². The molecule has 6 heteroatoms. The fourth-order valence-electron chi connectivity index (χ4n) is 3.27. The van der Waals surface area contributed by atoms with Crippen LogP contribution in [0.2, 0.25) is 0 Å². The van der Waals surface area contributed by atoms with Crippen LogP contribution < -0.4 is 10.1 Å². The molecule has 0 saturated carbocycles. The lowest BCUT2D eigenvalue weighted by molar-refractivity contribution is -0.142. The standard InChI is InChI=1S/C26H27NO4S/c1-30-26(29)24(15-16-32-2)27-25(28)22-14-13-21(31-18-19-9-5-3-6-10-19)17-23(22)20-11-7-4-8-12-20/h3-14,17,24H,15-16,18H2,1-2H3,(H,27,28)/t24-/m0/s1. The SMILES string of the molecule is COC(=O)[C@H](CCSC)NC(=O)c1ccc(OCc2ccccc2)cc1-c1ccccc1. The maximum atomic E-state index is 13.2. The number of benzene rings is 3. The number of esters is 1. The van der Waals surface area contributed by atoms with E-state index < -0.39 is 12.0 Å². The Labute approximate surface area is 193 Å². The molecular formula is C26H27NO4S. The number of nitrogens with one attached hydrogen (secondary N) is 1. The number of hydrogen-bond donors (Lipinski definition) is 1. The Morgan fingerprint density at radius 1 is 0.969 bits per heavy atom. The maximum Gasteiger partial charge on any atom is 0.328 e. The van der Waals surface area contributed by atoms with E-state index in [0.29, 0.717) is 24.3 Å². The van der Waals surface area contributed by atoms with Gasteiger partial charge in [0.25, 0.3) is 5.91 Å². The van der Waals surface area contributed by atoms with Crippen LogP contribution in [0.3, 0.4) is 0 Å². The largest absolute Gasteiger partial charge is 0.489 e. The molecule has 0 aliphatic carbocycles. The van der Waals surface area contributed by atoms with Crippen LogP contribution in [0.4, 0.5) is 0 Å². The first kappa shape index (κ1) is 23.4. The molecule has 0 fully saturated rings. The first-order chi connectivity index (χ1) is 15.6. The van der Waals surface area contributed by atoms with Crippen molar-refractivity contribution in [3.63, 3.8) is 0 Å². The number of ether oxygens (including phenoxy) is 2. The Hall–Kier alpha value is -3.25. The molecule has 0 unspecified atom stereocenters. The molecule has 0 aliphatic heterocycles. The number of methoxy groups -OCH3 is 1. The van der Waals surface area contributed by atoms with Crippen LogP contribution in [0.15, 0.2) is 78.9 Å². The van der Waals surface area contributed by atoms with Crippen LogP contribution in [0.1, 0.15) is 22.3 Å². The van der Waals surface area contributed by atoms with Crippen molar-refractivity contribution in [2.45, 2.75) is 19.1 Å². The van der Waals surface area contributed by atoms with Gasteiger partial charge in [-0.25, -0.2) is 4.79 Å². The van der Waals surface area contributed by atoms with Crippen LogP contribution in [0.25, 0.3) is 11.1 Å². The second-order valence-electron chi connectivity index (χ2n) is 7.18. The summed E-state index contributed by atoms with van der Waals surface area (Å²) in [6, 6.07) is 24.2. The number of carbonyl (C=O) groups excluding carboxylic acids is 2. The van der Waals surface area contributed by atoms with Crippen LogP contribution in [-0.2, 0) is 16.1 Å². The molecule has 1 amide bonds. The minimum Gasteiger partial charge on any atom is -0.489 e. The number of carbonyl (C=O) groups is 2. The van der Waals surface area contributed by atoms with Crippen molar-refractivity contribution >= 4 is 23.6 Å². The maximum absolute atomic E-state index is 13.2. The van der Waals surface area contributed by atoms with Crippen LogP contribution in [0, 0.1) is 0 Å². The predicted molar refractivity (Wildman–Crippen MR) is 129 cm³/mol. The quantitative estimate of drug-likeness (QED) is 0.444. The van der Waals surface area contributed by atoms with Crippen molar-refractivity contribution in [1.29, 1.82) is 0 Å². The van der Waals surface area contributed by atoms with E-state index in [1.807, 2.05) is 73.0 Å². The molecule has 166 valence electrons. The molecule has 0 bridgehead atoms. The van der Waals surface area contributed by atoms with E-state index in [2.05, 4.69) is 5.32 Å². The van der Waals surface area contributed by atoms with Gasteiger partial charge in [-0.1, -0.05) is 60.7 Å². The van der Waals surface area contributed by atoms with Gasteiger partial charge in [0, 0.05) is 5.56 Å². The van der Waals surface area contributed by atoms with Crippen LogP contribution >= 0.6 is 11.8 Å². The molecule has 3 aromatic rings. The van der Waals surface area contributed by atoms with Crippen molar-refractivity contribution < 1.29 is 19.1 Å². The van der Waals surface area contributed by atoms with Gasteiger partial charge in [0.05, 0.1) is 7.11 Å². The van der Waals surface area contributed by atoms with Gasteiger partial charge in [0.2, 0.25) is 0 Å². The summed E-state index contributed by atoms with van der Waals surface area (Å²) < 4.78 is 10.8. The third kappa shape index (κ3) is 6.37. The lowest BCUT2D eigenvalue weighted by Gasteiger charge is -2.18. The highest BCUT2D eigenvalue weighted by atomic mass is 32.2. The van der Waals surface area contributed by atoms with E-state index in [1.54, 1.807) is 23.9 Å². The Bertz CT molecular complexity index is 1020.